The molecule has 0 saturated heterocycles. The number of carbonyl (C=O) groups excluding carboxylic acids is 1. The second kappa shape index (κ2) is 4.56. The molecule has 1 aromatic heterocycles. The lowest BCUT2D eigenvalue weighted by Crippen LogP contribution is -2.36. The first-order valence-corrected chi connectivity index (χ1v) is 4.17. The lowest BCUT2D eigenvalue weighted by Gasteiger charge is -2.05. The van der Waals surface area contributed by atoms with Gasteiger partial charge in [0.25, 0.3) is 5.91 Å². The van der Waals surface area contributed by atoms with Gasteiger partial charge in [-0.2, -0.15) is 0 Å². The van der Waals surface area contributed by atoms with Gasteiger partial charge in [0.1, 0.15) is 5.69 Å². The van der Waals surface area contributed by atoms with Gasteiger partial charge in [-0.05, 0) is 0 Å². The third-order valence-electron chi connectivity index (χ3n) is 1.68. The number of amides is 1. The highest BCUT2D eigenvalue weighted by Gasteiger charge is 2.15. The van der Waals surface area contributed by atoms with Gasteiger partial charge in [0.15, 0.2) is 6.10 Å². The zero-order valence-corrected chi connectivity index (χ0v) is 8.04. The Balaban J connectivity index is 2.47. The van der Waals surface area contributed by atoms with E-state index < -0.39 is 18.0 Å². The summed E-state index contributed by atoms with van der Waals surface area (Å²) < 4.78 is 1.59. The minimum Gasteiger partial charge on any atom is -0.479 e. The van der Waals surface area contributed by atoms with Gasteiger partial charge in [-0.3, -0.25) is 4.79 Å². The predicted octanol–water partition coefficient (Wildman–Crippen LogP) is -1.40. The Labute approximate surface area is 85.4 Å². The van der Waals surface area contributed by atoms with Crippen molar-refractivity contribution in [3.63, 3.8) is 0 Å². The largest absolute Gasteiger partial charge is 0.479 e. The Morgan fingerprint density at radius 2 is 2.33 bits per heavy atom. The minimum atomic E-state index is -1.60. The van der Waals surface area contributed by atoms with Gasteiger partial charge in [0.05, 0.1) is 12.9 Å². The molecule has 0 unspecified atom stereocenters. The highest BCUT2D eigenvalue weighted by atomic mass is 16.4. The van der Waals surface area contributed by atoms with E-state index in [-0.39, 0.29) is 12.2 Å². The molecule has 0 aliphatic heterocycles. The van der Waals surface area contributed by atoms with Crippen LogP contribution in [0.2, 0.25) is 0 Å². The summed E-state index contributed by atoms with van der Waals surface area (Å²) in [6.45, 7) is -0.343. The minimum absolute atomic E-state index is 0.176. The molecule has 3 N–H and O–H groups in total. The molecule has 1 atom stereocenters. The molecule has 0 aliphatic rings. The molecule has 1 amide bonds. The predicted molar refractivity (Wildman–Crippen MR) is 49.2 cm³/mol. The van der Waals surface area contributed by atoms with Crippen molar-refractivity contribution in [2.75, 3.05) is 6.54 Å². The quantitative estimate of drug-likeness (QED) is 0.570. The molecular formula is C8H11N3O4. The number of aryl methyl sites for hydroxylation is 1. The number of aliphatic hydroxyl groups is 1. The Morgan fingerprint density at radius 1 is 1.67 bits per heavy atom. The van der Waals surface area contributed by atoms with Crippen molar-refractivity contribution in [1.82, 2.24) is 14.9 Å². The third kappa shape index (κ3) is 3.06. The van der Waals surface area contributed by atoms with E-state index >= 15 is 0 Å². The number of aromatic nitrogens is 2. The van der Waals surface area contributed by atoms with E-state index in [2.05, 4.69) is 10.3 Å². The first-order chi connectivity index (χ1) is 7.00. The molecule has 0 aromatic carbocycles. The van der Waals surface area contributed by atoms with Crippen molar-refractivity contribution >= 4 is 11.9 Å². The summed E-state index contributed by atoms with van der Waals surface area (Å²) in [5.41, 5.74) is 0.176. The van der Waals surface area contributed by atoms with E-state index in [0.29, 0.717) is 0 Å². The summed E-state index contributed by atoms with van der Waals surface area (Å²) in [5.74, 6) is -1.90. The smallest absolute Gasteiger partial charge is 0.334 e. The second-order valence-electron chi connectivity index (χ2n) is 2.99. The first-order valence-electron chi connectivity index (χ1n) is 4.17. The number of carbonyl (C=O) groups is 2. The Bertz CT molecular complexity index is 374. The van der Waals surface area contributed by atoms with Crippen LogP contribution < -0.4 is 5.32 Å². The number of rotatable bonds is 4. The Morgan fingerprint density at radius 3 is 2.80 bits per heavy atom. The van der Waals surface area contributed by atoms with Crippen molar-refractivity contribution < 1.29 is 19.8 Å². The number of hydrogen-bond acceptors (Lipinski definition) is 4. The lowest BCUT2D eigenvalue weighted by molar-refractivity contribution is -0.146. The first kappa shape index (κ1) is 11.2. The summed E-state index contributed by atoms with van der Waals surface area (Å²) >= 11 is 0. The normalized spacial score (nSPS) is 12.1. The fourth-order valence-corrected chi connectivity index (χ4v) is 0.897. The summed E-state index contributed by atoms with van der Waals surface area (Å²) in [5, 5.41) is 19.5. The molecule has 1 rings (SSSR count). The number of nitrogens with one attached hydrogen (secondary N) is 1. The zero-order chi connectivity index (χ0) is 11.4. The van der Waals surface area contributed by atoms with Gasteiger partial charge >= 0.3 is 5.97 Å². The van der Waals surface area contributed by atoms with E-state index in [9.17, 15) is 9.59 Å². The average Bonchev–Trinajstić information content (AvgIpc) is 2.60. The fraction of sp³-hybridized carbons (Fsp3) is 0.375. The topological polar surface area (TPSA) is 104 Å². The maximum atomic E-state index is 11.3. The molecule has 0 saturated carbocycles. The monoisotopic (exact) mass is 213 g/mol. The van der Waals surface area contributed by atoms with Crippen LogP contribution in [0.4, 0.5) is 0 Å². The molecule has 1 aromatic rings. The van der Waals surface area contributed by atoms with Crippen molar-refractivity contribution in [3.05, 3.63) is 18.2 Å². The van der Waals surface area contributed by atoms with E-state index in [1.165, 1.54) is 12.5 Å². The fourth-order valence-electron chi connectivity index (χ4n) is 0.897. The van der Waals surface area contributed by atoms with E-state index in [4.69, 9.17) is 10.2 Å². The van der Waals surface area contributed by atoms with Crippen LogP contribution in [-0.4, -0.2) is 44.3 Å². The third-order valence-corrected chi connectivity index (χ3v) is 1.68. The van der Waals surface area contributed by atoms with Gasteiger partial charge in [-0.15, -0.1) is 0 Å². The van der Waals surface area contributed by atoms with Gasteiger partial charge in [0, 0.05) is 13.2 Å². The molecule has 0 fully saturated rings. The summed E-state index contributed by atoms with van der Waals surface area (Å²) in [7, 11) is 1.70. The molecule has 15 heavy (non-hydrogen) atoms. The number of nitrogens with zero attached hydrogens (tertiary/aromatic N) is 2. The van der Waals surface area contributed by atoms with Crippen molar-refractivity contribution in [3.8, 4) is 0 Å². The van der Waals surface area contributed by atoms with Crippen LogP contribution in [0.25, 0.3) is 0 Å². The highest BCUT2D eigenvalue weighted by molar-refractivity contribution is 5.92. The van der Waals surface area contributed by atoms with Gasteiger partial charge in [-0.25, -0.2) is 9.78 Å². The van der Waals surface area contributed by atoms with Gasteiger partial charge in [0.2, 0.25) is 0 Å². The van der Waals surface area contributed by atoms with Crippen LogP contribution >= 0.6 is 0 Å². The summed E-state index contributed by atoms with van der Waals surface area (Å²) in [6.07, 6.45) is 1.34. The van der Waals surface area contributed by atoms with Crippen LogP contribution in [0.3, 0.4) is 0 Å². The number of imidazole rings is 1. The van der Waals surface area contributed by atoms with Crippen LogP contribution in [0.15, 0.2) is 12.5 Å². The van der Waals surface area contributed by atoms with Crippen molar-refractivity contribution in [2.24, 2.45) is 7.05 Å². The maximum Gasteiger partial charge on any atom is 0.334 e. The highest BCUT2D eigenvalue weighted by Crippen LogP contribution is 1.93. The average molecular weight is 213 g/mol. The number of hydrogen-bond donors (Lipinski definition) is 3. The van der Waals surface area contributed by atoms with Gasteiger partial charge < -0.3 is 20.1 Å². The van der Waals surface area contributed by atoms with Crippen molar-refractivity contribution in [1.29, 1.82) is 0 Å². The van der Waals surface area contributed by atoms with E-state index in [1.807, 2.05) is 0 Å². The SMILES string of the molecule is Cn1cnc(C(=O)NC[C@H](O)C(=O)O)c1. The van der Waals surface area contributed by atoms with Crippen LogP contribution in [0, 0.1) is 0 Å². The molecule has 0 bridgehead atoms. The van der Waals surface area contributed by atoms with Crippen LogP contribution in [-0.2, 0) is 11.8 Å². The number of aliphatic hydroxyl groups excluding tert-OH is 1. The van der Waals surface area contributed by atoms with Crippen molar-refractivity contribution in [2.45, 2.75) is 6.10 Å². The molecule has 1 heterocycles. The number of carboxylic acid groups (broad SMARTS) is 1. The Kier molecular flexibility index (Phi) is 3.40. The van der Waals surface area contributed by atoms with E-state index in [0.717, 1.165) is 0 Å². The second-order valence-corrected chi connectivity index (χ2v) is 2.99. The van der Waals surface area contributed by atoms with Crippen LogP contribution in [0.5, 0.6) is 0 Å². The zero-order valence-electron chi connectivity index (χ0n) is 8.04. The summed E-state index contributed by atoms with van der Waals surface area (Å²) in [4.78, 5) is 25.3. The molecule has 0 radical (unpaired) electrons. The number of carboxylic acids is 1. The molecule has 7 heteroatoms. The standard InChI is InChI=1S/C8H11N3O4/c1-11-3-5(10-4-11)7(13)9-2-6(12)8(14)15/h3-4,6,12H,2H2,1H3,(H,9,13)(H,14,15)/t6-/m0/s1. The molecular weight excluding hydrogens is 202 g/mol. The van der Waals surface area contributed by atoms with Crippen LogP contribution in [0.1, 0.15) is 10.5 Å². The lowest BCUT2D eigenvalue weighted by atomic mass is 10.3. The summed E-state index contributed by atoms with van der Waals surface area (Å²) in [6, 6.07) is 0. The van der Waals surface area contributed by atoms with Gasteiger partial charge in [-0.1, -0.05) is 0 Å². The molecule has 0 aliphatic carbocycles. The molecule has 0 spiro atoms. The Hall–Kier alpha value is -1.89. The number of aliphatic carboxylic acids is 1. The maximum absolute atomic E-state index is 11.3. The molecule has 7 nitrogen and oxygen atoms in total. The molecule has 82 valence electrons. The van der Waals surface area contributed by atoms with E-state index in [1.54, 1.807) is 11.6 Å².